The van der Waals surface area contributed by atoms with Gasteiger partial charge in [-0.05, 0) is 6.92 Å². The summed E-state index contributed by atoms with van der Waals surface area (Å²) in [6.07, 6.45) is 0. The highest BCUT2D eigenvalue weighted by Crippen LogP contribution is 2.28. The minimum atomic E-state index is -0.623. The first kappa shape index (κ1) is 15.1. The van der Waals surface area contributed by atoms with Crippen molar-refractivity contribution in [1.82, 2.24) is 9.78 Å². The van der Waals surface area contributed by atoms with Gasteiger partial charge in [0.15, 0.2) is 5.82 Å². The van der Waals surface area contributed by atoms with E-state index in [4.69, 9.17) is 22.1 Å². The lowest BCUT2D eigenvalue weighted by atomic mass is 10.1. The molecule has 1 heterocycles. The van der Waals surface area contributed by atoms with E-state index in [1.165, 1.54) is 0 Å². The van der Waals surface area contributed by atoms with Gasteiger partial charge in [-0.25, -0.2) is 4.79 Å². The van der Waals surface area contributed by atoms with Gasteiger partial charge in [0, 0.05) is 5.56 Å². The van der Waals surface area contributed by atoms with Crippen LogP contribution >= 0.6 is 11.6 Å². The summed E-state index contributed by atoms with van der Waals surface area (Å²) in [5.74, 6) is -1.44. The number of aromatic nitrogens is 2. The predicted octanol–water partition coefficient (Wildman–Crippen LogP) is 2.19. The number of nitrogens with two attached hydrogens (primary N) is 1. The van der Waals surface area contributed by atoms with E-state index < -0.39 is 11.9 Å². The van der Waals surface area contributed by atoms with Crippen LogP contribution in [0.2, 0.25) is 0 Å². The SMILES string of the molecule is CCOC(=O)c1c(N)nn(C(=O)CCl)c1-c1ccccc1. The number of anilines is 1. The number of hydrogen-bond donors (Lipinski definition) is 1. The lowest BCUT2D eigenvalue weighted by molar-refractivity contribution is 0.0528. The summed E-state index contributed by atoms with van der Waals surface area (Å²) in [6.45, 7) is 1.88. The molecule has 0 fully saturated rings. The van der Waals surface area contributed by atoms with E-state index in [2.05, 4.69) is 5.10 Å². The van der Waals surface area contributed by atoms with Crippen LogP contribution in [0.4, 0.5) is 5.82 Å². The molecule has 2 rings (SSSR count). The smallest absolute Gasteiger partial charge is 0.344 e. The van der Waals surface area contributed by atoms with E-state index in [9.17, 15) is 9.59 Å². The van der Waals surface area contributed by atoms with Crippen molar-refractivity contribution in [2.75, 3.05) is 18.2 Å². The fourth-order valence-electron chi connectivity index (χ4n) is 1.94. The van der Waals surface area contributed by atoms with Crippen molar-refractivity contribution >= 4 is 29.3 Å². The molecule has 21 heavy (non-hydrogen) atoms. The van der Waals surface area contributed by atoms with Gasteiger partial charge in [-0.1, -0.05) is 30.3 Å². The Morgan fingerprint density at radius 1 is 1.33 bits per heavy atom. The lowest BCUT2D eigenvalue weighted by Crippen LogP contribution is -2.16. The maximum absolute atomic E-state index is 12.1. The average Bonchev–Trinajstić information content (AvgIpc) is 2.85. The fourth-order valence-corrected chi connectivity index (χ4v) is 2.05. The van der Waals surface area contributed by atoms with Gasteiger partial charge in [-0.2, -0.15) is 4.68 Å². The molecule has 7 heteroatoms. The summed E-state index contributed by atoms with van der Waals surface area (Å²) in [4.78, 5) is 24.0. The van der Waals surface area contributed by atoms with Crippen LogP contribution in [0.5, 0.6) is 0 Å². The number of rotatable bonds is 4. The molecule has 0 saturated carbocycles. The highest BCUT2D eigenvalue weighted by Gasteiger charge is 2.26. The summed E-state index contributed by atoms with van der Waals surface area (Å²) < 4.78 is 6.03. The maximum atomic E-state index is 12.1. The minimum Gasteiger partial charge on any atom is -0.462 e. The highest BCUT2D eigenvalue weighted by atomic mass is 35.5. The van der Waals surface area contributed by atoms with Crippen LogP contribution in [0, 0.1) is 0 Å². The van der Waals surface area contributed by atoms with E-state index in [1.807, 2.05) is 6.07 Å². The molecular formula is C14H14ClN3O3. The van der Waals surface area contributed by atoms with Crippen LogP contribution in [0.25, 0.3) is 11.3 Å². The summed E-state index contributed by atoms with van der Waals surface area (Å²) in [7, 11) is 0. The zero-order valence-electron chi connectivity index (χ0n) is 11.4. The molecule has 0 spiro atoms. The standard InChI is InChI=1S/C14H14ClN3O3/c1-2-21-14(20)11-12(9-6-4-3-5-7-9)18(10(19)8-15)17-13(11)16/h3-7H,2,8H2,1H3,(H2,16,17). The molecule has 0 aliphatic heterocycles. The quantitative estimate of drug-likeness (QED) is 0.691. The third-order valence-electron chi connectivity index (χ3n) is 2.79. The van der Waals surface area contributed by atoms with Crippen molar-refractivity contribution in [3.8, 4) is 11.3 Å². The zero-order valence-corrected chi connectivity index (χ0v) is 12.1. The second kappa shape index (κ2) is 6.41. The molecule has 0 atom stereocenters. The number of nitrogens with zero attached hydrogens (tertiary/aromatic N) is 2. The molecule has 0 aliphatic rings. The third-order valence-corrected chi connectivity index (χ3v) is 3.02. The normalized spacial score (nSPS) is 10.4. The van der Waals surface area contributed by atoms with E-state index in [0.29, 0.717) is 5.56 Å². The number of hydrogen-bond acceptors (Lipinski definition) is 5. The minimum absolute atomic E-state index is 0.0641. The zero-order chi connectivity index (χ0) is 15.4. The van der Waals surface area contributed by atoms with Crippen LogP contribution in [0.15, 0.2) is 30.3 Å². The molecule has 6 nitrogen and oxygen atoms in total. The number of ether oxygens (including phenoxy) is 1. The fraction of sp³-hybridized carbons (Fsp3) is 0.214. The van der Waals surface area contributed by atoms with Crippen molar-refractivity contribution in [3.63, 3.8) is 0 Å². The predicted molar refractivity (Wildman–Crippen MR) is 79.4 cm³/mol. The Morgan fingerprint density at radius 2 is 2.00 bits per heavy atom. The van der Waals surface area contributed by atoms with Gasteiger partial charge in [0.05, 0.1) is 12.3 Å². The number of halogens is 1. The summed E-state index contributed by atoms with van der Waals surface area (Å²) >= 11 is 5.58. The van der Waals surface area contributed by atoms with Crippen LogP contribution < -0.4 is 5.73 Å². The Kier molecular flexibility index (Phi) is 4.59. The summed E-state index contributed by atoms with van der Waals surface area (Å²) in [5, 5.41) is 3.92. The summed E-state index contributed by atoms with van der Waals surface area (Å²) in [5.41, 5.74) is 6.76. The number of benzene rings is 1. The monoisotopic (exact) mass is 307 g/mol. The molecule has 1 aromatic carbocycles. The van der Waals surface area contributed by atoms with Crippen molar-refractivity contribution in [2.45, 2.75) is 6.92 Å². The first-order valence-electron chi connectivity index (χ1n) is 6.30. The molecular weight excluding hydrogens is 294 g/mol. The van der Waals surface area contributed by atoms with Gasteiger partial charge in [-0.15, -0.1) is 16.7 Å². The average molecular weight is 308 g/mol. The summed E-state index contributed by atoms with van der Waals surface area (Å²) in [6, 6.07) is 8.88. The molecule has 0 radical (unpaired) electrons. The Bertz CT molecular complexity index is 668. The van der Waals surface area contributed by atoms with E-state index >= 15 is 0 Å². The molecule has 0 bridgehead atoms. The van der Waals surface area contributed by atoms with Crippen LogP contribution in [0.1, 0.15) is 22.1 Å². The van der Waals surface area contributed by atoms with Gasteiger partial charge in [0.25, 0.3) is 5.91 Å². The Hall–Kier alpha value is -2.34. The molecule has 0 saturated heterocycles. The molecule has 0 aliphatic carbocycles. The number of alkyl halides is 1. The molecule has 0 unspecified atom stereocenters. The van der Waals surface area contributed by atoms with Crippen LogP contribution in [-0.4, -0.2) is 34.1 Å². The van der Waals surface area contributed by atoms with E-state index in [0.717, 1.165) is 4.68 Å². The van der Waals surface area contributed by atoms with E-state index in [1.54, 1.807) is 31.2 Å². The van der Waals surface area contributed by atoms with Crippen molar-refractivity contribution in [1.29, 1.82) is 0 Å². The topological polar surface area (TPSA) is 87.2 Å². The Labute approximate surface area is 126 Å². The highest BCUT2D eigenvalue weighted by molar-refractivity contribution is 6.27. The molecule has 110 valence electrons. The van der Waals surface area contributed by atoms with Gasteiger partial charge >= 0.3 is 5.97 Å². The van der Waals surface area contributed by atoms with Crippen LogP contribution in [0.3, 0.4) is 0 Å². The molecule has 1 aromatic heterocycles. The van der Waals surface area contributed by atoms with Crippen LogP contribution in [-0.2, 0) is 4.74 Å². The molecule has 0 amide bonds. The van der Waals surface area contributed by atoms with Gasteiger partial charge in [0.2, 0.25) is 0 Å². The maximum Gasteiger partial charge on any atom is 0.344 e. The Balaban J connectivity index is 2.68. The van der Waals surface area contributed by atoms with Crippen molar-refractivity contribution < 1.29 is 14.3 Å². The van der Waals surface area contributed by atoms with Crippen molar-refractivity contribution in [2.24, 2.45) is 0 Å². The third kappa shape index (κ3) is 2.90. The second-order valence-corrected chi connectivity index (χ2v) is 4.40. The van der Waals surface area contributed by atoms with Gasteiger partial charge in [-0.3, -0.25) is 4.79 Å². The number of nitrogen functional groups attached to an aromatic ring is 1. The number of esters is 1. The first-order chi connectivity index (χ1) is 10.1. The number of carbonyl (C=O) groups excluding carboxylic acids is 2. The molecule has 2 aromatic rings. The lowest BCUT2D eigenvalue weighted by Gasteiger charge is -2.07. The first-order valence-corrected chi connectivity index (χ1v) is 6.83. The second-order valence-electron chi connectivity index (χ2n) is 4.13. The number of carbonyl (C=O) groups is 2. The van der Waals surface area contributed by atoms with Gasteiger partial charge in [0.1, 0.15) is 11.4 Å². The van der Waals surface area contributed by atoms with E-state index in [-0.39, 0.29) is 29.6 Å². The molecule has 2 N–H and O–H groups in total. The largest absolute Gasteiger partial charge is 0.462 e. The van der Waals surface area contributed by atoms with Gasteiger partial charge < -0.3 is 10.5 Å². The van der Waals surface area contributed by atoms with Crippen molar-refractivity contribution in [3.05, 3.63) is 35.9 Å². The Morgan fingerprint density at radius 3 is 2.57 bits per heavy atom.